The van der Waals surface area contributed by atoms with Gasteiger partial charge in [0.2, 0.25) is 0 Å². The van der Waals surface area contributed by atoms with Crippen molar-refractivity contribution in [2.45, 2.75) is 13.8 Å². The predicted molar refractivity (Wildman–Crippen MR) is 58.9 cm³/mol. The van der Waals surface area contributed by atoms with Gasteiger partial charge in [0.25, 0.3) is 5.91 Å². The average molecular weight is 208 g/mol. The minimum absolute atomic E-state index is 0.195. The Kier molecular flexibility index (Phi) is 3.66. The number of hydrogen-bond donors (Lipinski definition) is 1. The van der Waals surface area contributed by atoms with Crippen LogP contribution >= 0.6 is 0 Å². The van der Waals surface area contributed by atoms with Crippen LogP contribution in [0.15, 0.2) is 23.3 Å². The maximum Gasteiger partial charge on any atom is 0.259 e. The van der Waals surface area contributed by atoms with Crippen LogP contribution in [0.1, 0.15) is 24.2 Å². The van der Waals surface area contributed by atoms with E-state index in [9.17, 15) is 9.59 Å². The summed E-state index contributed by atoms with van der Waals surface area (Å²) < 4.78 is 0. The standard InChI is InChI=1S/C11H16N2O2/c1-8(2)7-13(3)11(15)9-6-12-5-4-10(9)14/h4-6,8H,7H2,1-3H3,(H,12,14). The molecule has 82 valence electrons. The molecule has 0 radical (unpaired) electrons. The highest BCUT2D eigenvalue weighted by Crippen LogP contribution is 2.00. The Hall–Kier alpha value is -1.58. The third kappa shape index (κ3) is 2.94. The number of hydrogen-bond acceptors (Lipinski definition) is 2. The summed E-state index contributed by atoms with van der Waals surface area (Å²) in [4.78, 5) is 27.5. The van der Waals surface area contributed by atoms with Crippen molar-refractivity contribution in [3.8, 4) is 0 Å². The molecule has 0 unspecified atom stereocenters. The molecule has 1 aromatic heterocycles. The van der Waals surface area contributed by atoms with Gasteiger partial charge < -0.3 is 9.88 Å². The molecule has 0 aliphatic heterocycles. The van der Waals surface area contributed by atoms with Gasteiger partial charge in [0, 0.05) is 32.1 Å². The molecule has 0 spiro atoms. The Balaban J connectivity index is 2.86. The SMILES string of the molecule is CC(C)CN(C)C(=O)c1c[nH]ccc1=O. The van der Waals surface area contributed by atoms with Gasteiger partial charge >= 0.3 is 0 Å². The summed E-state index contributed by atoms with van der Waals surface area (Å²) in [6.45, 7) is 4.70. The van der Waals surface area contributed by atoms with Crippen molar-refractivity contribution < 1.29 is 4.79 Å². The number of pyridine rings is 1. The zero-order valence-electron chi connectivity index (χ0n) is 9.28. The van der Waals surface area contributed by atoms with Crippen molar-refractivity contribution >= 4 is 5.91 Å². The van der Waals surface area contributed by atoms with Gasteiger partial charge in [0.1, 0.15) is 5.56 Å². The van der Waals surface area contributed by atoms with Gasteiger partial charge in [-0.1, -0.05) is 13.8 Å². The molecule has 0 fully saturated rings. The molecule has 1 heterocycles. The van der Waals surface area contributed by atoms with Crippen LogP contribution in [0.25, 0.3) is 0 Å². The second kappa shape index (κ2) is 4.77. The normalized spacial score (nSPS) is 10.4. The first-order valence-electron chi connectivity index (χ1n) is 4.95. The molecular weight excluding hydrogens is 192 g/mol. The molecule has 4 heteroatoms. The molecule has 1 rings (SSSR count). The number of nitrogens with zero attached hydrogens (tertiary/aromatic N) is 1. The van der Waals surface area contributed by atoms with Gasteiger partial charge in [-0.3, -0.25) is 9.59 Å². The zero-order chi connectivity index (χ0) is 11.4. The maximum absolute atomic E-state index is 11.8. The maximum atomic E-state index is 11.8. The Morgan fingerprint density at radius 3 is 2.73 bits per heavy atom. The van der Waals surface area contributed by atoms with Crippen LogP contribution in [0, 0.1) is 5.92 Å². The van der Waals surface area contributed by atoms with Crippen LogP contribution in [0.5, 0.6) is 0 Å². The summed E-state index contributed by atoms with van der Waals surface area (Å²) in [5.41, 5.74) is -0.0463. The summed E-state index contributed by atoms with van der Waals surface area (Å²) in [5, 5.41) is 0. The van der Waals surface area contributed by atoms with E-state index in [0.29, 0.717) is 12.5 Å². The average Bonchev–Trinajstić information content (AvgIpc) is 2.16. The summed E-state index contributed by atoms with van der Waals surface area (Å²) >= 11 is 0. The molecule has 0 aliphatic rings. The Bertz CT molecular complexity index is 396. The minimum atomic E-state index is -0.241. The number of rotatable bonds is 3. The number of aromatic nitrogens is 1. The smallest absolute Gasteiger partial charge is 0.259 e. The first-order chi connectivity index (χ1) is 7.02. The molecule has 0 aromatic carbocycles. The number of carbonyl (C=O) groups excluding carboxylic acids is 1. The lowest BCUT2D eigenvalue weighted by molar-refractivity contribution is 0.0777. The van der Waals surface area contributed by atoms with Crippen LogP contribution in [0.2, 0.25) is 0 Å². The highest BCUT2D eigenvalue weighted by Gasteiger charge is 2.15. The minimum Gasteiger partial charge on any atom is -0.367 e. The lowest BCUT2D eigenvalue weighted by Gasteiger charge is -2.18. The van der Waals surface area contributed by atoms with Crippen molar-refractivity contribution in [1.29, 1.82) is 0 Å². The molecule has 0 bridgehead atoms. The predicted octanol–water partition coefficient (Wildman–Crippen LogP) is 1.10. The fourth-order valence-electron chi connectivity index (χ4n) is 1.42. The lowest BCUT2D eigenvalue weighted by Crippen LogP contribution is -2.33. The molecule has 15 heavy (non-hydrogen) atoms. The topological polar surface area (TPSA) is 53.2 Å². The molecular formula is C11H16N2O2. The van der Waals surface area contributed by atoms with Gasteiger partial charge in [0.15, 0.2) is 5.43 Å². The summed E-state index contributed by atoms with van der Waals surface area (Å²) in [6, 6.07) is 1.36. The molecule has 0 atom stereocenters. The van der Waals surface area contributed by atoms with Crippen molar-refractivity contribution in [3.05, 3.63) is 34.2 Å². The summed E-state index contributed by atoms with van der Waals surface area (Å²) in [7, 11) is 1.70. The third-order valence-corrected chi connectivity index (χ3v) is 2.04. The summed E-state index contributed by atoms with van der Waals surface area (Å²) in [6.07, 6.45) is 2.96. The van der Waals surface area contributed by atoms with Crippen LogP contribution in [0.4, 0.5) is 0 Å². The molecule has 0 aliphatic carbocycles. The van der Waals surface area contributed by atoms with Gasteiger partial charge in [0.05, 0.1) is 0 Å². The second-order valence-electron chi connectivity index (χ2n) is 4.00. The van der Waals surface area contributed by atoms with Crippen LogP contribution < -0.4 is 5.43 Å². The van der Waals surface area contributed by atoms with Gasteiger partial charge in [-0.05, 0) is 5.92 Å². The van der Waals surface area contributed by atoms with Crippen molar-refractivity contribution in [2.24, 2.45) is 5.92 Å². The van der Waals surface area contributed by atoms with Gasteiger partial charge in [-0.25, -0.2) is 0 Å². The largest absolute Gasteiger partial charge is 0.367 e. The van der Waals surface area contributed by atoms with E-state index in [2.05, 4.69) is 4.98 Å². The number of aromatic amines is 1. The first kappa shape index (κ1) is 11.5. The van der Waals surface area contributed by atoms with Crippen LogP contribution in [0.3, 0.4) is 0 Å². The van der Waals surface area contributed by atoms with Crippen molar-refractivity contribution in [2.75, 3.05) is 13.6 Å². The highest BCUT2D eigenvalue weighted by molar-refractivity contribution is 5.93. The van der Waals surface area contributed by atoms with E-state index in [4.69, 9.17) is 0 Å². The number of nitrogens with one attached hydrogen (secondary N) is 1. The van der Waals surface area contributed by atoms with Crippen LogP contribution in [-0.4, -0.2) is 29.4 Å². The Morgan fingerprint density at radius 2 is 2.20 bits per heavy atom. The molecule has 4 nitrogen and oxygen atoms in total. The monoisotopic (exact) mass is 208 g/mol. The quantitative estimate of drug-likeness (QED) is 0.808. The molecule has 0 saturated heterocycles. The van der Waals surface area contributed by atoms with Gasteiger partial charge in [-0.15, -0.1) is 0 Å². The van der Waals surface area contributed by atoms with E-state index in [1.54, 1.807) is 11.9 Å². The molecule has 1 N–H and O–H groups in total. The third-order valence-electron chi connectivity index (χ3n) is 2.04. The van der Waals surface area contributed by atoms with E-state index in [0.717, 1.165) is 0 Å². The number of amides is 1. The first-order valence-corrected chi connectivity index (χ1v) is 4.95. The molecule has 1 aromatic rings. The van der Waals surface area contributed by atoms with E-state index < -0.39 is 0 Å². The van der Waals surface area contributed by atoms with Crippen molar-refractivity contribution in [3.63, 3.8) is 0 Å². The molecule has 0 saturated carbocycles. The van der Waals surface area contributed by atoms with E-state index in [-0.39, 0.29) is 16.9 Å². The number of carbonyl (C=O) groups is 1. The van der Waals surface area contributed by atoms with Crippen LogP contribution in [-0.2, 0) is 0 Å². The summed E-state index contributed by atoms with van der Waals surface area (Å²) in [5.74, 6) is 0.160. The Labute approximate surface area is 88.9 Å². The molecule has 1 amide bonds. The fraction of sp³-hybridized carbons (Fsp3) is 0.455. The Morgan fingerprint density at radius 1 is 1.53 bits per heavy atom. The second-order valence-corrected chi connectivity index (χ2v) is 4.00. The van der Waals surface area contributed by atoms with E-state index in [1.165, 1.54) is 18.5 Å². The van der Waals surface area contributed by atoms with Gasteiger partial charge in [-0.2, -0.15) is 0 Å². The fourth-order valence-corrected chi connectivity index (χ4v) is 1.42. The van der Waals surface area contributed by atoms with Crippen molar-refractivity contribution in [1.82, 2.24) is 9.88 Å². The lowest BCUT2D eigenvalue weighted by atomic mass is 10.2. The van der Waals surface area contributed by atoms with E-state index in [1.807, 2.05) is 13.8 Å². The number of H-pyrrole nitrogens is 1. The van der Waals surface area contributed by atoms with E-state index >= 15 is 0 Å². The zero-order valence-corrected chi connectivity index (χ0v) is 9.28. The highest BCUT2D eigenvalue weighted by atomic mass is 16.2.